The minimum atomic E-state index is -0.521. The van der Waals surface area contributed by atoms with E-state index in [0.29, 0.717) is 19.5 Å². The van der Waals surface area contributed by atoms with Gasteiger partial charge in [-0.3, -0.25) is 4.90 Å². The quantitative estimate of drug-likeness (QED) is 0.597. The number of rotatable bonds is 6. The third-order valence-electron chi connectivity index (χ3n) is 4.31. The molecule has 3 atom stereocenters. The van der Waals surface area contributed by atoms with Crippen molar-refractivity contribution in [2.45, 2.75) is 32.9 Å². The first-order valence-electron chi connectivity index (χ1n) is 6.17. The molecule has 0 aliphatic carbocycles. The Morgan fingerprint density at radius 2 is 1.71 bits per heavy atom. The molecule has 1 aliphatic rings. The summed E-state index contributed by atoms with van der Waals surface area (Å²) in [5.74, 6) is 0. The van der Waals surface area contributed by atoms with Gasteiger partial charge in [0.2, 0.25) is 0 Å². The summed E-state index contributed by atoms with van der Waals surface area (Å²) >= 11 is 0. The van der Waals surface area contributed by atoms with Crippen LogP contribution in [0.2, 0.25) is 0 Å². The van der Waals surface area contributed by atoms with Gasteiger partial charge in [0.25, 0.3) is 0 Å². The van der Waals surface area contributed by atoms with Gasteiger partial charge in [-0.05, 0) is 12.8 Å². The van der Waals surface area contributed by atoms with Crippen LogP contribution < -0.4 is 0 Å². The monoisotopic (exact) mass is 243 g/mol. The first kappa shape index (κ1) is 14.6. The van der Waals surface area contributed by atoms with Crippen molar-refractivity contribution >= 4 is 0 Å². The Balaban J connectivity index is 2.72. The van der Waals surface area contributed by atoms with Gasteiger partial charge in [-0.1, -0.05) is 19.9 Å². The topological polar surface area (TPSA) is 63.9 Å². The van der Waals surface area contributed by atoms with Crippen LogP contribution in [-0.4, -0.2) is 52.8 Å². The van der Waals surface area contributed by atoms with Crippen molar-refractivity contribution in [1.82, 2.24) is 4.90 Å². The van der Waals surface area contributed by atoms with Crippen molar-refractivity contribution in [1.29, 1.82) is 0 Å². The summed E-state index contributed by atoms with van der Waals surface area (Å²) < 4.78 is 0. The number of likely N-dealkylation sites (tertiary alicyclic amines) is 1. The van der Waals surface area contributed by atoms with E-state index in [1.165, 1.54) is 0 Å². The summed E-state index contributed by atoms with van der Waals surface area (Å²) in [5, 5.41) is 29.1. The molecule has 0 aromatic rings. The molecule has 0 aromatic heterocycles. The molecule has 1 heterocycles. The van der Waals surface area contributed by atoms with Gasteiger partial charge < -0.3 is 15.3 Å². The molecule has 0 saturated carbocycles. The second kappa shape index (κ2) is 5.48. The van der Waals surface area contributed by atoms with Gasteiger partial charge in [-0.2, -0.15) is 0 Å². The predicted molar refractivity (Wildman–Crippen MR) is 67.4 cm³/mol. The zero-order valence-corrected chi connectivity index (χ0v) is 10.9. The Kier molecular flexibility index (Phi) is 4.72. The number of hydrogen-bond donors (Lipinski definition) is 3. The standard InChI is InChI=1S/C13H25NO3/c1-4-5-6-11(17)14-7-12(2,9-15)13(3,8-14)10-16/h4,11,15-17H,1,5-10H2,2-3H3. The lowest BCUT2D eigenvalue weighted by Crippen LogP contribution is -2.41. The number of aliphatic hydroxyl groups is 3. The lowest BCUT2D eigenvalue weighted by atomic mass is 9.69. The molecular weight excluding hydrogens is 218 g/mol. The van der Waals surface area contributed by atoms with E-state index in [9.17, 15) is 15.3 Å². The second-order valence-corrected chi connectivity index (χ2v) is 5.69. The lowest BCUT2D eigenvalue weighted by Gasteiger charge is -2.36. The minimum absolute atomic E-state index is 0.0226. The molecule has 3 N–H and O–H groups in total. The molecule has 0 amide bonds. The summed E-state index contributed by atoms with van der Waals surface area (Å²) in [6.07, 6.45) is 2.68. The van der Waals surface area contributed by atoms with Crippen molar-refractivity contribution in [2.75, 3.05) is 26.3 Å². The fourth-order valence-electron chi connectivity index (χ4n) is 2.48. The van der Waals surface area contributed by atoms with Crippen LogP contribution in [-0.2, 0) is 0 Å². The Labute approximate surface area is 104 Å². The van der Waals surface area contributed by atoms with Gasteiger partial charge in [0.15, 0.2) is 0 Å². The molecule has 0 spiro atoms. The van der Waals surface area contributed by atoms with Gasteiger partial charge in [0.05, 0.1) is 13.2 Å². The zero-order chi connectivity index (χ0) is 13.1. The molecule has 1 rings (SSSR count). The molecule has 1 saturated heterocycles. The molecule has 4 nitrogen and oxygen atoms in total. The number of nitrogens with zero attached hydrogens (tertiary/aromatic N) is 1. The van der Waals surface area contributed by atoms with Crippen LogP contribution in [0, 0.1) is 10.8 Å². The summed E-state index contributed by atoms with van der Waals surface area (Å²) in [6.45, 7) is 8.83. The summed E-state index contributed by atoms with van der Waals surface area (Å²) in [6, 6.07) is 0. The van der Waals surface area contributed by atoms with Gasteiger partial charge in [0, 0.05) is 23.9 Å². The van der Waals surface area contributed by atoms with Crippen LogP contribution >= 0.6 is 0 Å². The SMILES string of the molecule is C=CCCC(O)N1CC(C)(CO)C(C)(CO)C1. The van der Waals surface area contributed by atoms with Crippen molar-refractivity contribution in [3.05, 3.63) is 12.7 Å². The molecule has 100 valence electrons. The van der Waals surface area contributed by atoms with Crippen LogP contribution in [0.15, 0.2) is 12.7 Å². The normalized spacial score (nSPS) is 36.1. The average Bonchev–Trinajstić information content (AvgIpc) is 2.60. The van der Waals surface area contributed by atoms with E-state index < -0.39 is 6.23 Å². The molecule has 1 aliphatic heterocycles. The zero-order valence-electron chi connectivity index (χ0n) is 10.9. The first-order valence-corrected chi connectivity index (χ1v) is 6.17. The highest BCUT2D eigenvalue weighted by Gasteiger charge is 2.52. The van der Waals surface area contributed by atoms with Crippen molar-refractivity contribution in [3.63, 3.8) is 0 Å². The van der Waals surface area contributed by atoms with Gasteiger partial charge in [-0.15, -0.1) is 6.58 Å². The number of hydrogen-bond acceptors (Lipinski definition) is 4. The molecule has 0 radical (unpaired) electrons. The van der Waals surface area contributed by atoms with E-state index in [1.54, 1.807) is 6.08 Å². The maximum Gasteiger partial charge on any atom is 0.107 e. The van der Waals surface area contributed by atoms with Crippen LogP contribution in [0.4, 0.5) is 0 Å². The number of allylic oxidation sites excluding steroid dienone is 1. The van der Waals surface area contributed by atoms with Gasteiger partial charge >= 0.3 is 0 Å². The van der Waals surface area contributed by atoms with E-state index >= 15 is 0 Å². The van der Waals surface area contributed by atoms with E-state index in [-0.39, 0.29) is 24.0 Å². The summed E-state index contributed by atoms with van der Waals surface area (Å²) in [4.78, 5) is 1.94. The molecular formula is C13H25NO3. The molecule has 1 fully saturated rings. The fraction of sp³-hybridized carbons (Fsp3) is 0.846. The predicted octanol–water partition coefficient (Wildman–Crippen LogP) is 0.584. The van der Waals surface area contributed by atoms with Crippen molar-refractivity contribution < 1.29 is 15.3 Å². The molecule has 4 heteroatoms. The first-order chi connectivity index (χ1) is 7.92. The average molecular weight is 243 g/mol. The van der Waals surface area contributed by atoms with Crippen LogP contribution in [0.25, 0.3) is 0 Å². The lowest BCUT2D eigenvalue weighted by molar-refractivity contribution is 0.00353. The summed E-state index contributed by atoms with van der Waals surface area (Å²) in [7, 11) is 0. The molecule has 0 aromatic carbocycles. The van der Waals surface area contributed by atoms with E-state index in [0.717, 1.165) is 6.42 Å². The second-order valence-electron chi connectivity index (χ2n) is 5.69. The maximum atomic E-state index is 10.1. The van der Waals surface area contributed by atoms with Gasteiger partial charge in [-0.25, -0.2) is 0 Å². The fourth-order valence-corrected chi connectivity index (χ4v) is 2.48. The number of aliphatic hydroxyl groups excluding tert-OH is 3. The third kappa shape index (κ3) is 2.71. The highest BCUT2D eigenvalue weighted by Crippen LogP contribution is 2.46. The Bertz CT molecular complexity index is 253. The highest BCUT2D eigenvalue weighted by atomic mass is 16.3. The van der Waals surface area contributed by atoms with Crippen LogP contribution in [0.3, 0.4) is 0 Å². The smallest absolute Gasteiger partial charge is 0.107 e. The highest BCUT2D eigenvalue weighted by molar-refractivity contribution is 5.02. The molecule has 3 unspecified atom stereocenters. The van der Waals surface area contributed by atoms with Crippen LogP contribution in [0.1, 0.15) is 26.7 Å². The molecule has 0 bridgehead atoms. The summed E-state index contributed by atoms with van der Waals surface area (Å²) in [5.41, 5.74) is -0.728. The molecule has 17 heavy (non-hydrogen) atoms. The Morgan fingerprint density at radius 3 is 2.06 bits per heavy atom. The van der Waals surface area contributed by atoms with Gasteiger partial charge in [0.1, 0.15) is 6.23 Å². The van der Waals surface area contributed by atoms with Crippen LogP contribution in [0.5, 0.6) is 0 Å². The van der Waals surface area contributed by atoms with E-state index in [4.69, 9.17) is 0 Å². The maximum absolute atomic E-state index is 10.1. The third-order valence-corrected chi connectivity index (χ3v) is 4.31. The Morgan fingerprint density at radius 1 is 1.24 bits per heavy atom. The van der Waals surface area contributed by atoms with E-state index in [2.05, 4.69) is 6.58 Å². The largest absolute Gasteiger partial charge is 0.396 e. The van der Waals surface area contributed by atoms with Crippen molar-refractivity contribution in [3.8, 4) is 0 Å². The van der Waals surface area contributed by atoms with E-state index in [1.807, 2.05) is 18.7 Å². The Hall–Kier alpha value is -0.420. The van der Waals surface area contributed by atoms with Crippen molar-refractivity contribution in [2.24, 2.45) is 10.8 Å². The minimum Gasteiger partial charge on any atom is -0.396 e.